The molecule has 6 heteroatoms. The molecule has 0 heterocycles. The molecule has 2 atom stereocenters. The molecular formula is C25H33N3O3. The molecule has 0 saturated heterocycles. The third-order valence-corrected chi connectivity index (χ3v) is 5.16. The van der Waals surface area contributed by atoms with Crippen molar-refractivity contribution in [3.8, 4) is 5.75 Å². The SMILES string of the molecule is CCc1ccc(C(CNC(=O)C(C)NC(=O)/C=C/c2ccc(OC)cc2)N(C)C)cc1. The van der Waals surface area contributed by atoms with Crippen molar-refractivity contribution in [1.82, 2.24) is 15.5 Å². The van der Waals surface area contributed by atoms with Gasteiger partial charge in [0, 0.05) is 12.6 Å². The van der Waals surface area contributed by atoms with Gasteiger partial charge >= 0.3 is 0 Å². The third-order valence-electron chi connectivity index (χ3n) is 5.16. The molecule has 0 saturated carbocycles. The number of methoxy groups -OCH3 is 1. The molecule has 2 rings (SSSR count). The highest BCUT2D eigenvalue weighted by Crippen LogP contribution is 2.18. The van der Waals surface area contributed by atoms with Gasteiger partial charge in [-0.1, -0.05) is 43.3 Å². The van der Waals surface area contributed by atoms with Crippen molar-refractivity contribution >= 4 is 17.9 Å². The summed E-state index contributed by atoms with van der Waals surface area (Å²) in [5.41, 5.74) is 3.29. The van der Waals surface area contributed by atoms with Gasteiger partial charge in [-0.2, -0.15) is 0 Å². The quantitative estimate of drug-likeness (QED) is 0.576. The first kappa shape index (κ1) is 24.2. The number of benzene rings is 2. The van der Waals surface area contributed by atoms with E-state index in [4.69, 9.17) is 4.74 Å². The molecule has 0 aromatic heterocycles. The van der Waals surface area contributed by atoms with Gasteiger partial charge in [0.25, 0.3) is 0 Å². The summed E-state index contributed by atoms with van der Waals surface area (Å²) in [6.07, 6.45) is 4.11. The summed E-state index contributed by atoms with van der Waals surface area (Å²) in [6, 6.07) is 15.2. The molecule has 6 nitrogen and oxygen atoms in total. The van der Waals surface area contributed by atoms with Gasteiger partial charge in [0.05, 0.1) is 13.2 Å². The monoisotopic (exact) mass is 423 g/mol. The molecule has 2 amide bonds. The van der Waals surface area contributed by atoms with Gasteiger partial charge in [0.15, 0.2) is 0 Å². The molecule has 2 unspecified atom stereocenters. The maximum absolute atomic E-state index is 12.5. The Morgan fingerprint density at radius 3 is 2.26 bits per heavy atom. The summed E-state index contributed by atoms with van der Waals surface area (Å²) in [6.45, 7) is 4.26. The van der Waals surface area contributed by atoms with Crippen molar-refractivity contribution in [3.63, 3.8) is 0 Å². The van der Waals surface area contributed by atoms with Crippen molar-refractivity contribution in [2.45, 2.75) is 32.4 Å². The highest BCUT2D eigenvalue weighted by molar-refractivity contribution is 5.95. The minimum absolute atomic E-state index is 0.0488. The van der Waals surface area contributed by atoms with E-state index in [1.165, 1.54) is 11.6 Å². The van der Waals surface area contributed by atoms with Crippen LogP contribution in [0.2, 0.25) is 0 Å². The van der Waals surface area contributed by atoms with Crippen LogP contribution in [0.15, 0.2) is 54.6 Å². The Labute approximate surface area is 185 Å². The second kappa shape index (κ2) is 11.9. The molecule has 0 spiro atoms. The van der Waals surface area contributed by atoms with Gasteiger partial charge < -0.3 is 20.3 Å². The van der Waals surface area contributed by atoms with Crippen LogP contribution in [0.3, 0.4) is 0 Å². The molecule has 0 aliphatic rings. The normalized spacial score (nSPS) is 13.1. The predicted molar refractivity (Wildman–Crippen MR) is 125 cm³/mol. The number of rotatable bonds is 10. The number of carbonyl (C=O) groups excluding carboxylic acids is 2. The number of ether oxygens (including phenoxy) is 1. The summed E-state index contributed by atoms with van der Waals surface area (Å²) in [5.74, 6) is 0.213. The van der Waals surface area contributed by atoms with E-state index >= 15 is 0 Å². The van der Waals surface area contributed by atoms with Crippen LogP contribution >= 0.6 is 0 Å². The number of hydrogen-bond acceptors (Lipinski definition) is 4. The average Bonchev–Trinajstić information content (AvgIpc) is 2.78. The summed E-state index contributed by atoms with van der Waals surface area (Å²) in [5, 5.41) is 5.65. The van der Waals surface area contributed by atoms with Crippen LogP contribution in [0.25, 0.3) is 6.08 Å². The van der Waals surface area contributed by atoms with Gasteiger partial charge in [-0.15, -0.1) is 0 Å². The van der Waals surface area contributed by atoms with E-state index in [9.17, 15) is 9.59 Å². The first-order valence-electron chi connectivity index (χ1n) is 10.5. The van der Waals surface area contributed by atoms with Crippen LogP contribution in [0, 0.1) is 0 Å². The Morgan fingerprint density at radius 1 is 1.06 bits per heavy atom. The molecule has 0 radical (unpaired) electrons. The molecule has 166 valence electrons. The van der Waals surface area contributed by atoms with E-state index in [2.05, 4.69) is 46.7 Å². The van der Waals surface area contributed by atoms with Crippen molar-refractivity contribution in [2.24, 2.45) is 0 Å². The van der Waals surface area contributed by atoms with Crippen LogP contribution < -0.4 is 15.4 Å². The lowest BCUT2D eigenvalue weighted by Crippen LogP contribution is -2.46. The minimum Gasteiger partial charge on any atom is -0.497 e. The van der Waals surface area contributed by atoms with E-state index in [0.29, 0.717) is 6.54 Å². The molecule has 0 fully saturated rings. The highest BCUT2D eigenvalue weighted by atomic mass is 16.5. The standard InChI is InChI=1S/C25H33N3O3/c1-6-19-7-12-21(13-8-19)23(28(3)4)17-26-25(30)18(2)27-24(29)16-11-20-9-14-22(31-5)15-10-20/h7-16,18,23H,6,17H2,1-5H3,(H,26,30)(H,27,29)/b16-11+. The summed E-state index contributed by atoms with van der Waals surface area (Å²) < 4.78 is 5.12. The summed E-state index contributed by atoms with van der Waals surface area (Å²) >= 11 is 0. The Balaban J connectivity index is 1.87. The van der Waals surface area contributed by atoms with Crippen molar-refractivity contribution in [3.05, 3.63) is 71.3 Å². The Morgan fingerprint density at radius 2 is 1.71 bits per heavy atom. The van der Waals surface area contributed by atoms with Crippen LogP contribution in [-0.2, 0) is 16.0 Å². The number of nitrogens with zero attached hydrogens (tertiary/aromatic N) is 1. The fraction of sp³-hybridized carbons (Fsp3) is 0.360. The van der Waals surface area contributed by atoms with E-state index in [-0.39, 0.29) is 17.9 Å². The predicted octanol–water partition coefficient (Wildman–Crippen LogP) is 3.19. The molecule has 2 N–H and O–H groups in total. The van der Waals surface area contributed by atoms with Gasteiger partial charge in [-0.05, 0) is 62.3 Å². The van der Waals surface area contributed by atoms with Gasteiger partial charge in [-0.25, -0.2) is 0 Å². The number of likely N-dealkylation sites (N-methyl/N-ethyl adjacent to an activating group) is 1. The zero-order valence-electron chi connectivity index (χ0n) is 19.0. The van der Waals surface area contributed by atoms with Crippen LogP contribution in [0.1, 0.15) is 36.6 Å². The Hall–Kier alpha value is -3.12. The zero-order valence-corrected chi connectivity index (χ0v) is 19.0. The topological polar surface area (TPSA) is 70.7 Å². The highest BCUT2D eigenvalue weighted by Gasteiger charge is 2.19. The van der Waals surface area contributed by atoms with Crippen molar-refractivity contribution in [1.29, 1.82) is 0 Å². The van der Waals surface area contributed by atoms with Crippen molar-refractivity contribution < 1.29 is 14.3 Å². The first-order chi connectivity index (χ1) is 14.8. The largest absolute Gasteiger partial charge is 0.497 e. The van der Waals surface area contributed by atoms with Crippen LogP contribution in [0.4, 0.5) is 0 Å². The van der Waals surface area contributed by atoms with Crippen LogP contribution in [-0.4, -0.2) is 50.5 Å². The van der Waals surface area contributed by atoms with Gasteiger partial charge in [0.1, 0.15) is 11.8 Å². The molecule has 0 aliphatic heterocycles. The van der Waals surface area contributed by atoms with Crippen molar-refractivity contribution in [2.75, 3.05) is 27.7 Å². The summed E-state index contributed by atoms with van der Waals surface area (Å²) in [7, 11) is 5.58. The first-order valence-corrected chi connectivity index (χ1v) is 10.5. The van der Waals surface area contributed by atoms with E-state index in [1.54, 1.807) is 20.1 Å². The van der Waals surface area contributed by atoms with Crippen LogP contribution in [0.5, 0.6) is 5.75 Å². The fourth-order valence-corrected chi connectivity index (χ4v) is 3.14. The maximum Gasteiger partial charge on any atom is 0.244 e. The van der Waals surface area contributed by atoms with E-state index in [0.717, 1.165) is 23.3 Å². The van der Waals surface area contributed by atoms with E-state index in [1.807, 2.05) is 38.4 Å². The lowest BCUT2D eigenvalue weighted by Gasteiger charge is -2.26. The average molecular weight is 424 g/mol. The zero-order chi connectivity index (χ0) is 22.8. The smallest absolute Gasteiger partial charge is 0.244 e. The molecular weight excluding hydrogens is 390 g/mol. The lowest BCUT2D eigenvalue weighted by molar-refractivity contribution is -0.126. The molecule has 31 heavy (non-hydrogen) atoms. The number of amides is 2. The third kappa shape index (κ3) is 7.57. The molecule has 2 aromatic carbocycles. The second-order valence-electron chi connectivity index (χ2n) is 7.66. The number of aryl methyl sites for hydroxylation is 1. The minimum atomic E-state index is -0.640. The van der Waals surface area contributed by atoms with E-state index < -0.39 is 6.04 Å². The molecule has 0 bridgehead atoms. The number of carbonyl (C=O) groups is 2. The lowest BCUT2D eigenvalue weighted by atomic mass is 10.0. The number of nitrogens with one attached hydrogen (secondary N) is 2. The Bertz CT molecular complexity index is 874. The molecule has 0 aliphatic carbocycles. The van der Waals surface area contributed by atoms with Gasteiger partial charge in [0.2, 0.25) is 11.8 Å². The molecule has 2 aromatic rings. The maximum atomic E-state index is 12.5. The number of hydrogen-bond donors (Lipinski definition) is 2. The fourth-order valence-electron chi connectivity index (χ4n) is 3.14. The Kier molecular flexibility index (Phi) is 9.28. The van der Waals surface area contributed by atoms with Gasteiger partial charge in [-0.3, -0.25) is 9.59 Å². The summed E-state index contributed by atoms with van der Waals surface area (Å²) in [4.78, 5) is 26.7. The second-order valence-corrected chi connectivity index (χ2v) is 7.66.